The number of carbonyl (C=O) groups excluding carboxylic acids is 1. The van der Waals surface area contributed by atoms with E-state index in [1.807, 2.05) is 32.0 Å². The van der Waals surface area contributed by atoms with Crippen LogP contribution in [0.15, 0.2) is 42.9 Å². The number of anilines is 3. The Kier molecular flexibility index (Phi) is 4.12. The maximum absolute atomic E-state index is 13.2. The van der Waals surface area contributed by atoms with Crippen molar-refractivity contribution < 1.29 is 4.79 Å². The first kappa shape index (κ1) is 17.5. The van der Waals surface area contributed by atoms with Crippen molar-refractivity contribution in [2.75, 3.05) is 28.2 Å². The Labute approximate surface area is 168 Å². The average molecular weight is 387 g/mol. The van der Waals surface area contributed by atoms with E-state index < -0.39 is 0 Å². The molecular weight excluding hydrogens is 366 g/mol. The highest BCUT2D eigenvalue weighted by atomic mass is 16.2. The number of nitrogens with one attached hydrogen (secondary N) is 1. The molecule has 3 aromatic heterocycles. The second-order valence-corrected chi connectivity index (χ2v) is 7.40. The quantitative estimate of drug-likeness (QED) is 0.727. The van der Waals surface area contributed by atoms with Crippen molar-refractivity contribution in [3.63, 3.8) is 0 Å². The Morgan fingerprint density at radius 3 is 2.83 bits per heavy atom. The Bertz CT molecular complexity index is 1090. The molecule has 0 aliphatic carbocycles. The molecule has 2 bridgehead atoms. The summed E-state index contributed by atoms with van der Waals surface area (Å²) >= 11 is 0. The van der Waals surface area contributed by atoms with Crippen molar-refractivity contribution in [3.05, 3.63) is 54.2 Å². The van der Waals surface area contributed by atoms with Gasteiger partial charge in [-0.2, -0.15) is 0 Å². The summed E-state index contributed by atoms with van der Waals surface area (Å²) in [7, 11) is 0. The van der Waals surface area contributed by atoms with Gasteiger partial charge in [-0.05, 0) is 44.5 Å². The van der Waals surface area contributed by atoms with E-state index in [2.05, 4.69) is 31.2 Å². The minimum absolute atomic E-state index is 0.0826. The SMILES string of the molecule is Cc1ccc(-c2ccc3c(n2)N(C(=O)Nc2cnccn2)[C@H]2CCN3C2)c(C)n1. The monoisotopic (exact) mass is 387 g/mol. The Balaban J connectivity index is 1.55. The molecule has 0 aromatic carbocycles. The Morgan fingerprint density at radius 2 is 2.03 bits per heavy atom. The van der Waals surface area contributed by atoms with Gasteiger partial charge in [-0.15, -0.1) is 0 Å². The van der Waals surface area contributed by atoms with Gasteiger partial charge in [0.2, 0.25) is 0 Å². The third kappa shape index (κ3) is 3.06. The molecule has 1 saturated heterocycles. The molecule has 146 valence electrons. The molecule has 0 radical (unpaired) electrons. The molecular formula is C21H21N7O. The highest BCUT2D eigenvalue weighted by Crippen LogP contribution is 2.40. The van der Waals surface area contributed by atoms with Crippen LogP contribution in [0.25, 0.3) is 11.3 Å². The van der Waals surface area contributed by atoms with Crippen LogP contribution in [0, 0.1) is 13.8 Å². The fourth-order valence-electron chi connectivity index (χ4n) is 4.11. The Morgan fingerprint density at radius 1 is 1.14 bits per heavy atom. The molecule has 2 amide bonds. The number of nitrogens with zero attached hydrogens (tertiary/aromatic N) is 6. The van der Waals surface area contributed by atoms with Crippen LogP contribution in [-0.4, -0.2) is 45.1 Å². The van der Waals surface area contributed by atoms with Crippen LogP contribution in [0.4, 0.5) is 22.1 Å². The van der Waals surface area contributed by atoms with Crippen LogP contribution in [-0.2, 0) is 0 Å². The highest BCUT2D eigenvalue weighted by molar-refractivity contribution is 6.04. The number of aromatic nitrogens is 4. The van der Waals surface area contributed by atoms with Crippen molar-refractivity contribution in [1.82, 2.24) is 19.9 Å². The molecule has 29 heavy (non-hydrogen) atoms. The first-order chi connectivity index (χ1) is 14.1. The zero-order valence-corrected chi connectivity index (χ0v) is 16.3. The van der Waals surface area contributed by atoms with E-state index in [0.29, 0.717) is 11.6 Å². The van der Waals surface area contributed by atoms with Crippen molar-refractivity contribution in [2.45, 2.75) is 26.3 Å². The van der Waals surface area contributed by atoms with Gasteiger partial charge in [0.25, 0.3) is 0 Å². The molecule has 0 spiro atoms. The molecule has 1 atom stereocenters. The van der Waals surface area contributed by atoms with E-state index >= 15 is 0 Å². The minimum Gasteiger partial charge on any atom is -0.366 e. The predicted molar refractivity (Wildman–Crippen MR) is 111 cm³/mol. The molecule has 5 rings (SSSR count). The zero-order chi connectivity index (χ0) is 20.0. The van der Waals surface area contributed by atoms with Crippen LogP contribution in [0.3, 0.4) is 0 Å². The largest absolute Gasteiger partial charge is 0.366 e. The summed E-state index contributed by atoms with van der Waals surface area (Å²) in [5.41, 5.74) is 4.66. The molecule has 8 nitrogen and oxygen atoms in total. The van der Waals surface area contributed by atoms with Gasteiger partial charge >= 0.3 is 6.03 Å². The van der Waals surface area contributed by atoms with E-state index in [1.165, 1.54) is 6.20 Å². The fraction of sp³-hybridized carbons (Fsp3) is 0.286. The lowest BCUT2D eigenvalue weighted by Gasteiger charge is -2.35. The maximum Gasteiger partial charge on any atom is 0.329 e. The van der Waals surface area contributed by atoms with Gasteiger partial charge in [-0.3, -0.25) is 20.2 Å². The number of aryl methyl sites for hydroxylation is 2. The van der Waals surface area contributed by atoms with Crippen molar-refractivity contribution in [2.24, 2.45) is 0 Å². The van der Waals surface area contributed by atoms with Gasteiger partial charge in [-0.1, -0.05) is 0 Å². The van der Waals surface area contributed by atoms with E-state index in [4.69, 9.17) is 4.98 Å². The van der Waals surface area contributed by atoms with Gasteiger partial charge in [0.05, 0.1) is 23.6 Å². The standard InChI is InChI=1S/C21H21N7O/c1-13-3-4-16(14(2)24-13)17-5-6-18-20(25-17)28(15-7-10-27(18)12-15)21(29)26-19-11-22-8-9-23-19/h3-6,8-9,11,15H,7,10,12H2,1-2H3,(H,23,26,29)/t15-/m0/s1. The summed E-state index contributed by atoms with van der Waals surface area (Å²) in [6, 6.07) is 7.93. The van der Waals surface area contributed by atoms with Gasteiger partial charge in [0.15, 0.2) is 11.6 Å². The van der Waals surface area contributed by atoms with Crippen LogP contribution < -0.4 is 15.1 Å². The third-order valence-electron chi connectivity index (χ3n) is 5.47. The molecule has 1 fully saturated rings. The summed E-state index contributed by atoms with van der Waals surface area (Å²) in [6.07, 6.45) is 5.58. The lowest BCUT2D eigenvalue weighted by molar-refractivity contribution is 0.254. The summed E-state index contributed by atoms with van der Waals surface area (Å²) in [5.74, 6) is 1.10. The first-order valence-electron chi connectivity index (χ1n) is 9.67. The number of fused-ring (bicyclic) bond motifs is 4. The van der Waals surface area contributed by atoms with E-state index in [0.717, 1.165) is 47.8 Å². The molecule has 5 heterocycles. The molecule has 3 aromatic rings. The molecule has 0 saturated carbocycles. The van der Waals surface area contributed by atoms with Gasteiger partial charge < -0.3 is 4.90 Å². The highest BCUT2D eigenvalue weighted by Gasteiger charge is 2.40. The van der Waals surface area contributed by atoms with Gasteiger partial charge in [0.1, 0.15) is 0 Å². The van der Waals surface area contributed by atoms with Crippen LogP contribution in [0.5, 0.6) is 0 Å². The number of hydrogen-bond donors (Lipinski definition) is 1. The molecule has 1 N–H and O–H groups in total. The zero-order valence-electron chi connectivity index (χ0n) is 16.3. The van der Waals surface area contributed by atoms with Crippen LogP contribution in [0.2, 0.25) is 0 Å². The second-order valence-electron chi connectivity index (χ2n) is 7.40. The second kappa shape index (κ2) is 6.80. The summed E-state index contributed by atoms with van der Waals surface area (Å²) in [4.78, 5) is 34.9. The lowest BCUT2D eigenvalue weighted by Crippen LogP contribution is -2.48. The van der Waals surface area contributed by atoms with E-state index in [9.17, 15) is 4.79 Å². The number of pyridine rings is 2. The van der Waals surface area contributed by atoms with Crippen LogP contribution >= 0.6 is 0 Å². The Hall–Kier alpha value is -3.55. The maximum atomic E-state index is 13.2. The number of urea groups is 1. The smallest absolute Gasteiger partial charge is 0.329 e. The summed E-state index contributed by atoms with van der Waals surface area (Å²) in [6.45, 7) is 5.68. The molecule has 2 aliphatic heterocycles. The normalized spacial score (nSPS) is 17.2. The van der Waals surface area contributed by atoms with Gasteiger partial charge in [0, 0.05) is 42.4 Å². The van der Waals surface area contributed by atoms with Crippen molar-refractivity contribution in [3.8, 4) is 11.3 Å². The molecule has 0 unspecified atom stereocenters. The number of rotatable bonds is 2. The number of amides is 2. The lowest BCUT2D eigenvalue weighted by atomic mass is 10.1. The topological polar surface area (TPSA) is 87.1 Å². The fourth-order valence-corrected chi connectivity index (χ4v) is 4.11. The van der Waals surface area contributed by atoms with E-state index in [1.54, 1.807) is 17.3 Å². The van der Waals surface area contributed by atoms with Gasteiger partial charge in [-0.25, -0.2) is 14.8 Å². The minimum atomic E-state index is -0.235. The molecule has 2 aliphatic rings. The van der Waals surface area contributed by atoms with Crippen LogP contribution in [0.1, 0.15) is 17.8 Å². The number of carbonyl (C=O) groups is 1. The number of hydrogen-bond acceptors (Lipinski definition) is 6. The van der Waals surface area contributed by atoms with Crippen molar-refractivity contribution in [1.29, 1.82) is 0 Å². The first-order valence-corrected chi connectivity index (χ1v) is 9.67. The average Bonchev–Trinajstić information content (AvgIpc) is 3.13. The summed E-state index contributed by atoms with van der Waals surface area (Å²) in [5, 5.41) is 2.86. The third-order valence-corrected chi connectivity index (χ3v) is 5.47. The summed E-state index contributed by atoms with van der Waals surface area (Å²) < 4.78 is 0. The van der Waals surface area contributed by atoms with Crippen molar-refractivity contribution >= 4 is 23.4 Å². The molecule has 8 heteroatoms. The predicted octanol–water partition coefficient (Wildman–Crippen LogP) is 3.18. The van der Waals surface area contributed by atoms with E-state index in [-0.39, 0.29) is 12.1 Å².